The maximum absolute atomic E-state index is 5.60. The number of H-pyrrole nitrogens is 2. The number of benzene rings is 1. The second kappa shape index (κ2) is 4.66. The average Bonchev–Trinajstić information content (AvgIpc) is 2.99. The standard InChI is InChI=1S/C14H16N4/c15-6-5-13-11(9-17-18-13)7-10-8-16-14-4-2-1-3-12(10)14/h1-4,8-9,16H,5-7,15H2,(H,17,18). The highest BCUT2D eigenvalue weighted by atomic mass is 15.1. The van der Waals surface area contributed by atoms with Crippen molar-refractivity contribution in [3.05, 3.63) is 53.5 Å². The lowest BCUT2D eigenvalue weighted by molar-refractivity contribution is 0.890. The molecule has 2 aromatic heterocycles. The SMILES string of the molecule is NCCc1[nH]ncc1Cc1c[nH]c2ccccc12. The topological polar surface area (TPSA) is 70.5 Å². The number of nitrogens with zero attached hydrogens (tertiary/aromatic N) is 1. The molecule has 0 bridgehead atoms. The third-order valence-electron chi connectivity index (χ3n) is 3.26. The first kappa shape index (κ1) is 11.0. The van der Waals surface area contributed by atoms with Gasteiger partial charge in [-0.1, -0.05) is 18.2 Å². The van der Waals surface area contributed by atoms with Crippen molar-refractivity contribution in [2.75, 3.05) is 6.54 Å². The highest BCUT2D eigenvalue weighted by molar-refractivity contribution is 5.83. The third kappa shape index (κ3) is 1.91. The molecule has 0 aliphatic rings. The Morgan fingerprint density at radius 2 is 2.06 bits per heavy atom. The molecule has 0 fully saturated rings. The molecule has 92 valence electrons. The van der Waals surface area contributed by atoms with Crippen LogP contribution in [0.25, 0.3) is 10.9 Å². The van der Waals surface area contributed by atoms with E-state index in [9.17, 15) is 0 Å². The smallest absolute Gasteiger partial charge is 0.0525 e. The van der Waals surface area contributed by atoms with E-state index in [1.807, 2.05) is 12.3 Å². The number of rotatable bonds is 4. The molecular weight excluding hydrogens is 224 g/mol. The van der Waals surface area contributed by atoms with Crippen LogP contribution in [0, 0.1) is 0 Å². The molecule has 3 rings (SSSR count). The molecule has 0 unspecified atom stereocenters. The van der Waals surface area contributed by atoms with E-state index < -0.39 is 0 Å². The Labute approximate surface area is 105 Å². The first-order valence-corrected chi connectivity index (χ1v) is 6.14. The molecular formula is C14H16N4. The molecule has 0 radical (unpaired) electrons. The minimum absolute atomic E-state index is 0.642. The van der Waals surface area contributed by atoms with Crippen molar-refractivity contribution in [3.63, 3.8) is 0 Å². The molecule has 3 aromatic rings. The lowest BCUT2D eigenvalue weighted by Crippen LogP contribution is -2.05. The quantitative estimate of drug-likeness (QED) is 0.652. The van der Waals surface area contributed by atoms with E-state index in [1.165, 1.54) is 22.0 Å². The number of aromatic amines is 2. The normalized spacial score (nSPS) is 11.2. The molecule has 0 saturated carbocycles. The van der Waals surface area contributed by atoms with Crippen LogP contribution in [0.5, 0.6) is 0 Å². The predicted molar refractivity (Wildman–Crippen MR) is 72.5 cm³/mol. The van der Waals surface area contributed by atoms with E-state index in [2.05, 4.69) is 39.6 Å². The maximum atomic E-state index is 5.60. The summed E-state index contributed by atoms with van der Waals surface area (Å²) in [6.45, 7) is 0.642. The van der Waals surface area contributed by atoms with E-state index in [1.54, 1.807) is 0 Å². The molecule has 0 spiro atoms. The average molecular weight is 240 g/mol. The summed E-state index contributed by atoms with van der Waals surface area (Å²) in [6.07, 6.45) is 5.70. The molecule has 1 aromatic carbocycles. The molecule has 4 N–H and O–H groups in total. The van der Waals surface area contributed by atoms with Gasteiger partial charge in [-0.2, -0.15) is 5.10 Å². The summed E-state index contributed by atoms with van der Waals surface area (Å²) in [4.78, 5) is 3.30. The van der Waals surface area contributed by atoms with Gasteiger partial charge in [0.1, 0.15) is 0 Å². The monoisotopic (exact) mass is 240 g/mol. The van der Waals surface area contributed by atoms with Gasteiger partial charge in [0.05, 0.1) is 6.20 Å². The van der Waals surface area contributed by atoms with Gasteiger partial charge in [0.2, 0.25) is 0 Å². The molecule has 2 heterocycles. The Balaban J connectivity index is 1.94. The number of hydrogen-bond donors (Lipinski definition) is 3. The summed E-state index contributed by atoms with van der Waals surface area (Å²) >= 11 is 0. The number of nitrogens with two attached hydrogens (primary N) is 1. The van der Waals surface area contributed by atoms with Gasteiger partial charge in [-0.05, 0) is 23.7 Å². The first-order valence-electron chi connectivity index (χ1n) is 6.14. The fourth-order valence-corrected chi connectivity index (χ4v) is 2.33. The number of nitrogens with one attached hydrogen (secondary N) is 2. The zero-order chi connectivity index (χ0) is 12.4. The van der Waals surface area contributed by atoms with Crippen molar-refractivity contribution in [1.29, 1.82) is 0 Å². The summed E-state index contributed by atoms with van der Waals surface area (Å²) in [5.41, 5.74) is 10.4. The van der Waals surface area contributed by atoms with Crippen molar-refractivity contribution in [2.45, 2.75) is 12.8 Å². The van der Waals surface area contributed by atoms with Crippen molar-refractivity contribution in [2.24, 2.45) is 5.73 Å². The highest BCUT2D eigenvalue weighted by Crippen LogP contribution is 2.21. The molecule has 0 amide bonds. The maximum Gasteiger partial charge on any atom is 0.0525 e. The van der Waals surface area contributed by atoms with Crippen LogP contribution < -0.4 is 5.73 Å². The van der Waals surface area contributed by atoms with Gasteiger partial charge in [0.25, 0.3) is 0 Å². The third-order valence-corrected chi connectivity index (χ3v) is 3.26. The van der Waals surface area contributed by atoms with E-state index in [-0.39, 0.29) is 0 Å². The van der Waals surface area contributed by atoms with E-state index in [0.717, 1.165) is 18.5 Å². The van der Waals surface area contributed by atoms with Crippen LogP contribution in [-0.4, -0.2) is 21.7 Å². The van der Waals surface area contributed by atoms with E-state index in [0.29, 0.717) is 6.54 Å². The first-order chi connectivity index (χ1) is 8.88. The van der Waals surface area contributed by atoms with Gasteiger partial charge < -0.3 is 10.7 Å². The van der Waals surface area contributed by atoms with Crippen LogP contribution in [-0.2, 0) is 12.8 Å². The minimum Gasteiger partial charge on any atom is -0.361 e. The number of hydrogen-bond acceptors (Lipinski definition) is 2. The van der Waals surface area contributed by atoms with Crippen LogP contribution in [0.1, 0.15) is 16.8 Å². The summed E-state index contributed by atoms with van der Waals surface area (Å²) in [5.74, 6) is 0. The van der Waals surface area contributed by atoms with Gasteiger partial charge in [0.15, 0.2) is 0 Å². The van der Waals surface area contributed by atoms with Crippen molar-refractivity contribution in [3.8, 4) is 0 Å². The second-order valence-electron chi connectivity index (χ2n) is 4.45. The molecule has 4 nitrogen and oxygen atoms in total. The van der Waals surface area contributed by atoms with Crippen LogP contribution in [0.15, 0.2) is 36.7 Å². The second-order valence-corrected chi connectivity index (χ2v) is 4.45. The zero-order valence-electron chi connectivity index (χ0n) is 10.1. The summed E-state index contributed by atoms with van der Waals surface area (Å²) in [5, 5.41) is 8.41. The number of para-hydroxylation sites is 1. The number of fused-ring (bicyclic) bond motifs is 1. The Morgan fingerprint density at radius 3 is 2.94 bits per heavy atom. The lowest BCUT2D eigenvalue weighted by atomic mass is 10.0. The fourth-order valence-electron chi connectivity index (χ4n) is 2.33. The van der Waals surface area contributed by atoms with E-state index in [4.69, 9.17) is 5.73 Å². The zero-order valence-corrected chi connectivity index (χ0v) is 10.1. The van der Waals surface area contributed by atoms with Crippen LogP contribution in [0.4, 0.5) is 0 Å². The summed E-state index contributed by atoms with van der Waals surface area (Å²) in [7, 11) is 0. The Hall–Kier alpha value is -2.07. The highest BCUT2D eigenvalue weighted by Gasteiger charge is 2.08. The van der Waals surface area contributed by atoms with Gasteiger partial charge in [0, 0.05) is 35.6 Å². The molecule has 0 aliphatic heterocycles. The van der Waals surface area contributed by atoms with Crippen molar-refractivity contribution < 1.29 is 0 Å². The number of aromatic nitrogens is 3. The largest absolute Gasteiger partial charge is 0.361 e. The molecule has 0 aliphatic carbocycles. The van der Waals surface area contributed by atoms with Crippen LogP contribution in [0.3, 0.4) is 0 Å². The Kier molecular flexibility index (Phi) is 2.86. The predicted octanol–water partition coefficient (Wildman–Crippen LogP) is 1.98. The van der Waals surface area contributed by atoms with Gasteiger partial charge in [-0.3, -0.25) is 5.10 Å². The fraction of sp³-hybridized carbons (Fsp3) is 0.214. The van der Waals surface area contributed by atoms with Crippen LogP contribution in [0.2, 0.25) is 0 Å². The molecule has 4 heteroatoms. The van der Waals surface area contributed by atoms with Gasteiger partial charge in [-0.25, -0.2) is 0 Å². The van der Waals surface area contributed by atoms with Crippen LogP contribution >= 0.6 is 0 Å². The van der Waals surface area contributed by atoms with Gasteiger partial charge >= 0.3 is 0 Å². The molecule has 0 saturated heterocycles. The minimum atomic E-state index is 0.642. The molecule has 18 heavy (non-hydrogen) atoms. The Morgan fingerprint density at radius 1 is 1.17 bits per heavy atom. The summed E-state index contributed by atoms with van der Waals surface area (Å²) < 4.78 is 0. The lowest BCUT2D eigenvalue weighted by Gasteiger charge is -2.01. The van der Waals surface area contributed by atoms with Crippen molar-refractivity contribution in [1.82, 2.24) is 15.2 Å². The Bertz CT molecular complexity index is 650. The summed E-state index contributed by atoms with van der Waals surface area (Å²) in [6, 6.07) is 8.34. The van der Waals surface area contributed by atoms with E-state index >= 15 is 0 Å². The molecule has 0 atom stereocenters. The van der Waals surface area contributed by atoms with Gasteiger partial charge in [-0.15, -0.1) is 0 Å². The van der Waals surface area contributed by atoms with Crippen molar-refractivity contribution >= 4 is 10.9 Å².